The molecule has 0 unspecified atom stereocenters. The summed E-state index contributed by atoms with van der Waals surface area (Å²) in [5.41, 5.74) is 0.314. The van der Waals surface area contributed by atoms with Crippen molar-refractivity contribution in [2.45, 2.75) is 39.2 Å². The predicted octanol–water partition coefficient (Wildman–Crippen LogP) is 1.82. The van der Waals surface area contributed by atoms with Crippen molar-refractivity contribution in [1.29, 1.82) is 0 Å². The lowest BCUT2D eigenvalue weighted by atomic mass is 9.69. The molecule has 1 N–H and O–H groups in total. The monoisotopic (exact) mass is 184 g/mol. The number of hydrogen-bond acceptors (Lipinski definition) is 2. The number of ether oxygens (including phenoxy) is 1. The molecule has 0 aliphatic heterocycles. The largest absolute Gasteiger partial charge is 0.396 e. The summed E-state index contributed by atoms with van der Waals surface area (Å²) in [7, 11) is 1.78. The predicted molar refractivity (Wildman–Crippen MR) is 51.4 cm³/mol. The first kappa shape index (κ1) is 9.47. The lowest BCUT2D eigenvalue weighted by Gasteiger charge is -2.40. The van der Waals surface area contributed by atoms with Gasteiger partial charge in [-0.05, 0) is 30.6 Å². The highest BCUT2D eigenvalue weighted by molar-refractivity contribution is 5.12. The molecule has 0 saturated heterocycles. The molecule has 0 aromatic rings. The summed E-state index contributed by atoms with van der Waals surface area (Å²) in [6, 6.07) is 0. The average molecular weight is 184 g/mol. The summed E-state index contributed by atoms with van der Waals surface area (Å²) in [6.07, 6.45) is 3.84. The third kappa shape index (κ3) is 0.909. The molecule has 13 heavy (non-hydrogen) atoms. The number of fused-ring (bicyclic) bond motifs is 2. The van der Waals surface area contributed by atoms with Gasteiger partial charge in [0.2, 0.25) is 0 Å². The van der Waals surface area contributed by atoms with Crippen molar-refractivity contribution in [3.05, 3.63) is 0 Å². The summed E-state index contributed by atoms with van der Waals surface area (Å²) >= 11 is 0. The Labute approximate surface area is 80.3 Å². The van der Waals surface area contributed by atoms with E-state index >= 15 is 0 Å². The van der Waals surface area contributed by atoms with Crippen LogP contribution in [-0.4, -0.2) is 24.9 Å². The normalized spacial score (nSPS) is 47.1. The summed E-state index contributed by atoms with van der Waals surface area (Å²) in [6.45, 7) is 4.87. The first-order valence-corrected chi connectivity index (χ1v) is 5.22. The zero-order chi connectivity index (χ0) is 9.69. The number of hydrogen-bond donors (Lipinski definition) is 1. The molecule has 0 aromatic carbocycles. The van der Waals surface area contributed by atoms with E-state index in [1.165, 1.54) is 6.42 Å². The van der Waals surface area contributed by atoms with Crippen LogP contribution in [0, 0.1) is 16.7 Å². The standard InChI is InChI=1S/C11H20O2/c1-10(2)8-4-5-11(10,7-12)9(6-8)13-3/h8-9,12H,4-7H2,1-3H3/t8-,9-,11-/m1/s1. The first-order chi connectivity index (χ1) is 6.08. The molecule has 0 amide bonds. The summed E-state index contributed by atoms with van der Waals surface area (Å²) in [5, 5.41) is 9.60. The molecule has 0 spiro atoms. The van der Waals surface area contributed by atoms with Crippen LogP contribution < -0.4 is 0 Å². The van der Waals surface area contributed by atoms with E-state index in [1.807, 2.05) is 0 Å². The van der Waals surface area contributed by atoms with Crippen molar-refractivity contribution in [2.75, 3.05) is 13.7 Å². The number of rotatable bonds is 2. The molecule has 0 radical (unpaired) electrons. The fourth-order valence-electron chi connectivity index (χ4n) is 3.70. The van der Waals surface area contributed by atoms with Crippen molar-refractivity contribution < 1.29 is 9.84 Å². The van der Waals surface area contributed by atoms with Crippen LogP contribution in [-0.2, 0) is 4.74 Å². The van der Waals surface area contributed by atoms with Gasteiger partial charge in [-0.25, -0.2) is 0 Å². The molecular formula is C11H20O2. The maximum absolute atomic E-state index is 9.60. The van der Waals surface area contributed by atoms with Crippen LogP contribution in [0.1, 0.15) is 33.1 Å². The van der Waals surface area contributed by atoms with Gasteiger partial charge in [0, 0.05) is 12.5 Å². The van der Waals surface area contributed by atoms with Gasteiger partial charge in [0.05, 0.1) is 12.7 Å². The second-order valence-electron chi connectivity index (χ2n) is 5.23. The van der Waals surface area contributed by atoms with E-state index in [9.17, 15) is 5.11 Å². The molecule has 2 saturated carbocycles. The third-order valence-corrected chi connectivity index (χ3v) is 4.92. The second-order valence-corrected chi connectivity index (χ2v) is 5.23. The van der Waals surface area contributed by atoms with Gasteiger partial charge < -0.3 is 9.84 Å². The van der Waals surface area contributed by atoms with Crippen LogP contribution in [0.5, 0.6) is 0 Å². The topological polar surface area (TPSA) is 29.5 Å². The van der Waals surface area contributed by atoms with Crippen molar-refractivity contribution >= 4 is 0 Å². The maximum atomic E-state index is 9.60. The molecule has 2 aliphatic rings. The van der Waals surface area contributed by atoms with Crippen LogP contribution in [0.15, 0.2) is 0 Å². The summed E-state index contributed by atoms with van der Waals surface area (Å²) in [5.74, 6) is 0.754. The molecule has 2 fully saturated rings. The SMILES string of the molecule is CO[C@@H]1C[C@H]2CC[C@]1(CO)C2(C)C. The average Bonchev–Trinajstić information content (AvgIpc) is 2.50. The summed E-state index contributed by atoms with van der Waals surface area (Å²) < 4.78 is 5.51. The third-order valence-electron chi connectivity index (χ3n) is 4.92. The van der Waals surface area contributed by atoms with Crippen molar-refractivity contribution in [3.8, 4) is 0 Å². The molecule has 2 heteroatoms. The van der Waals surface area contributed by atoms with Crippen LogP contribution >= 0.6 is 0 Å². The van der Waals surface area contributed by atoms with E-state index in [2.05, 4.69) is 13.8 Å². The van der Waals surface area contributed by atoms with Crippen molar-refractivity contribution in [3.63, 3.8) is 0 Å². The molecule has 0 aromatic heterocycles. The Morgan fingerprint density at radius 2 is 2.15 bits per heavy atom. The van der Waals surface area contributed by atoms with Gasteiger partial charge in [0.1, 0.15) is 0 Å². The Bertz CT molecular complexity index is 212. The van der Waals surface area contributed by atoms with Gasteiger partial charge in [-0.1, -0.05) is 13.8 Å². The highest BCUT2D eigenvalue weighted by Gasteiger charge is 2.64. The van der Waals surface area contributed by atoms with Gasteiger partial charge >= 0.3 is 0 Å². The molecule has 0 heterocycles. The minimum Gasteiger partial charge on any atom is -0.396 e. The van der Waals surface area contributed by atoms with Gasteiger partial charge in [0.25, 0.3) is 0 Å². The first-order valence-electron chi connectivity index (χ1n) is 5.22. The van der Waals surface area contributed by atoms with E-state index < -0.39 is 0 Å². The zero-order valence-electron chi connectivity index (χ0n) is 8.84. The lowest BCUT2D eigenvalue weighted by Crippen LogP contribution is -2.42. The quantitative estimate of drug-likeness (QED) is 0.709. The molecule has 76 valence electrons. The van der Waals surface area contributed by atoms with Crippen molar-refractivity contribution in [2.24, 2.45) is 16.7 Å². The molecule has 2 aliphatic carbocycles. The van der Waals surface area contributed by atoms with Gasteiger partial charge in [-0.15, -0.1) is 0 Å². The Hall–Kier alpha value is -0.0800. The van der Waals surface area contributed by atoms with E-state index in [-0.39, 0.29) is 23.5 Å². The van der Waals surface area contributed by atoms with Crippen LogP contribution in [0.2, 0.25) is 0 Å². The molecule has 2 bridgehead atoms. The highest BCUT2D eigenvalue weighted by Crippen LogP contribution is 2.66. The maximum Gasteiger partial charge on any atom is 0.0657 e. The zero-order valence-corrected chi connectivity index (χ0v) is 8.84. The van der Waals surface area contributed by atoms with E-state index in [0.717, 1.165) is 18.8 Å². The van der Waals surface area contributed by atoms with Crippen molar-refractivity contribution in [1.82, 2.24) is 0 Å². The minimum absolute atomic E-state index is 0.0480. The second kappa shape index (κ2) is 2.71. The van der Waals surface area contributed by atoms with Crippen LogP contribution in [0.25, 0.3) is 0 Å². The number of aliphatic hydroxyl groups is 1. The Morgan fingerprint density at radius 3 is 2.54 bits per heavy atom. The minimum atomic E-state index is 0.0480. The van der Waals surface area contributed by atoms with Gasteiger partial charge in [0.15, 0.2) is 0 Å². The van der Waals surface area contributed by atoms with Crippen LogP contribution in [0.4, 0.5) is 0 Å². The van der Waals surface area contributed by atoms with Crippen LogP contribution in [0.3, 0.4) is 0 Å². The Morgan fingerprint density at radius 1 is 1.46 bits per heavy atom. The Balaban J connectivity index is 2.35. The fraction of sp³-hybridized carbons (Fsp3) is 1.00. The molecule has 2 nitrogen and oxygen atoms in total. The highest BCUT2D eigenvalue weighted by atomic mass is 16.5. The van der Waals surface area contributed by atoms with E-state index in [0.29, 0.717) is 0 Å². The number of methoxy groups -OCH3 is 1. The number of aliphatic hydroxyl groups excluding tert-OH is 1. The molecular weight excluding hydrogens is 164 g/mol. The van der Waals surface area contributed by atoms with E-state index in [1.54, 1.807) is 7.11 Å². The molecule has 2 rings (SSSR count). The Kier molecular flexibility index (Phi) is 1.97. The molecule has 3 atom stereocenters. The fourth-order valence-corrected chi connectivity index (χ4v) is 3.70. The summed E-state index contributed by atoms with van der Waals surface area (Å²) in [4.78, 5) is 0. The smallest absolute Gasteiger partial charge is 0.0657 e. The van der Waals surface area contributed by atoms with E-state index in [4.69, 9.17) is 4.74 Å². The van der Waals surface area contributed by atoms with Gasteiger partial charge in [-0.3, -0.25) is 0 Å². The van der Waals surface area contributed by atoms with Gasteiger partial charge in [-0.2, -0.15) is 0 Å². The lowest BCUT2D eigenvalue weighted by molar-refractivity contribution is -0.0655.